The maximum Gasteiger partial charge on any atom is 0.0364 e. The van der Waals surface area contributed by atoms with Gasteiger partial charge in [-0.05, 0) is 103 Å². The Morgan fingerprint density at radius 1 is 0.767 bits per heavy atom. The molecule has 4 bridgehead atoms. The molecule has 0 amide bonds. The first kappa shape index (κ1) is 17.5. The van der Waals surface area contributed by atoms with Crippen LogP contribution in [0.3, 0.4) is 0 Å². The first-order chi connectivity index (χ1) is 14.7. The van der Waals surface area contributed by atoms with Gasteiger partial charge in [-0.2, -0.15) is 0 Å². The Hall–Kier alpha value is -2.12. The van der Waals surface area contributed by atoms with E-state index in [4.69, 9.17) is 0 Å². The zero-order valence-electron chi connectivity index (χ0n) is 17.7. The standard InChI is InChI=1S/C29H28S/c1-18-10-25(28-24-4-2-3-5-26(24)30-27(28)11-18)22-6-8-23(9-7-22)29-15-19-12-20(16-29)14-21(13-19)17-29/h2-11,19-21H,12-17H2,1H3. The Balaban J connectivity index is 1.35. The molecule has 4 aliphatic rings. The van der Waals surface area contributed by atoms with Crippen LogP contribution in [0.2, 0.25) is 0 Å². The van der Waals surface area contributed by atoms with Gasteiger partial charge in [-0.1, -0.05) is 48.5 Å². The average Bonchev–Trinajstić information content (AvgIpc) is 3.10. The van der Waals surface area contributed by atoms with E-state index in [1.807, 2.05) is 11.3 Å². The van der Waals surface area contributed by atoms with Gasteiger partial charge in [0.1, 0.15) is 0 Å². The minimum atomic E-state index is 0.490. The Morgan fingerprint density at radius 2 is 1.43 bits per heavy atom. The number of aryl methyl sites for hydroxylation is 1. The third-order valence-electron chi connectivity index (χ3n) is 8.47. The second-order valence-corrected chi connectivity index (χ2v) is 11.6. The predicted molar refractivity (Wildman–Crippen MR) is 129 cm³/mol. The molecule has 4 saturated carbocycles. The van der Waals surface area contributed by atoms with E-state index in [0.717, 1.165) is 17.8 Å². The molecule has 1 aromatic heterocycles. The number of fused-ring (bicyclic) bond motifs is 3. The van der Waals surface area contributed by atoms with E-state index in [2.05, 4.69) is 67.6 Å². The molecule has 150 valence electrons. The summed E-state index contributed by atoms with van der Waals surface area (Å²) in [6, 6.07) is 23.5. The van der Waals surface area contributed by atoms with Crippen molar-refractivity contribution < 1.29 is 0 Å². The molecule has 0 nitrogen and oxygen atoms in total. The average molecular weight is 409 g/mol. The van der Waals surface area contributed by atoms with Crippen LogP contribution in [-0.4, -0.2) is 0 Å². The van der Waals surface area contributed by atoms with E-state index in [0.29, 0.717) is 5.41 Å². The molecule has 0 atom stereocenters. The first-order valence-electron chi connectivity index (χ1n) is 11.7. The summed E-state index contributed by atoms with van der Waals surface area (Å²) < 4.78 is 2.81. The van der Waals surface area contributed by atoms with Crippen LogP contribution in [0, 0.1) is 24.7 Å². The van der Waals surface area contributed by atoms with Crippen LogP contribution in [0.5, 0.6) is 0 Å². The van der Waals surface area contributed by atoms with Crippen molar-refractivity contribution in [3.8, 4) is 11.1 Å². The van der Waals surface area contributed by atoms with Crippen molar-refractivity contribution >= 4 is 31.5 Å². The molecular formula is C29H28S. The largest absolute Gasteiger partial charge is 0.135 e. The van der Waals surface area contributed by atoms with Crippen LogP contribution in [0.25, 0.3) is 31.3 Å². The van der Waals surface area contributed by atoms with Gasteiger partial charge in [0.25, 0.3) is 0 Å². The summed E-state index contributed by atoms with van der Waals surface area (Å²) in [6.07, 6.45) is 8.89. The fraction of sp³-hybridized carbons (Fsp3) is 0.379. The summed E-state index contributed by atoms with van der Waals surface area (Å²) in [7, 11) is 0. The van der Waals surface area contributed by atoms with Crippen molar-refractivity contribution in [2.45, 2.75) is 50.9 Å². The van der Waals surface area contributed by atoms with Crippen LogP contribution >= 0.6 is 11.3 Å². The number of benzene rings is 3. The van der Waals surface area contributed by atoms with Crippen LogP contribution in [0.15, 0.2) is 60.7 Å². The summed E-state index contributed by atoms with van der Waals surface area (Å²) in [5, 5.41) is 2.83. The van der Waals surface area contributed by atoms with Gasteiger partial charge in [0, 0.05) is 20.2 Å². The van der Waals surface area contributed by atoms with Gasteiger partial charge in [0.15, 0.2) is 0 Å². The number of hydrogen-bond donors (Lipinski definition) is 0. The van der Waals surface area contributed by atoms with Gasteiger partial charge in [0.05, 0.1) is 0 Å². The van der Waals surface area contributed by atoms with E-state index in [1.54, 1.807) is 5.56 Å². The zero-order chi connectivity index (χ0) is 19.9. The van der Waals surface area contributed by atoms with Crippen molar-refractivity contribution in [1.82, 2.24) is 0 Å². The van der Waals surface area contributed by atoms with Crippen molar-refractivity contribution in [2.75, 3.05) is 0 Å². The maximum absolute atomic E-state index is 2.49. The van der Waals surface area contributed by atoms with Gasteiger partial charge in [0.2, 0.25) is 0 Å². The number of rotatable bonds is 2. The summed E-state index contributed by atoms with van der Waals surface area (Å²) in [5.41, 5.74) is 6.25. The molecule has 4 fully saturated rings. The van der Waals surface area contributed by atoms with Gasteiger partial charge in [-0.3, -0.25) is 0 Å². The van der Waals surface area contributed by atoms with Crippen LogP contribution in [-0.2, 0) is 5.41 Å². The molecule has 4 aromatic rings. The fourth-order valence-corrected chi connectivity index (χ4v) is 8.92. The van der Waals surface area contributed by atoms with Gasteiger partial charge < -0.3 is 0 Å². The molecule has 3 aromatic carbocycles. The lowest BCUT2D eigenvalue weighted by Gasteiger charge is -2.57. The molecular weight excluding hydrogens is 380 g/mol. The lowest BCUT2D eigenvalue weighted by atomic mass is 9.48. The van der Waals surface area contributed by atoms with E-state index < -0.39 is 0 Å². The van der Waals surface area contributed by atoms with Gasteiger partial charge in [-0.25, -0.2) is 0 Å². The minimum absolute atomic E-state index is 0.490. The molecule has 0 spiro atoms. The topological polar surface area (TPSA) is 0 Å². The molecule has 4 aliphatic carbocycles. The van der Waals surface area contributed by atoms with Crippen LogP contribution in [0.1, 0.15) is 49.7 Å². The Labute approximate surface area is 182 Å². The first-order valence-corrected chi connectivity index (χ1v) is 12.5. The molecule has 8 rings (SSSR count). The molecule has 0 unspecified atom stereocenters. The summed E-state index contributed by atoms with van der Waals surface area (Å²) in [6.45, 7) is 2.23. The SMILES string of the molecule is Cc1cc(-c2ccc(C34CC5CC(CC(C5)C3)C4)cc2)c2c(c1)sc1ccccc12. The zero-order valence-corrected chi connectivity index (χ0v) is 18.5. The molecule has 30 heavy (non-hydrogen) atoms. The molecule has 1 heterocycles. The van der Waals surface area contributed by atoms with E-state index in [-0.39, 0.29) is 0 Å². The molecule has 0 radical (unpaired) electrons. The highest BCUT2D eigenvalue weighted by Gasteiger charge is 2.51. The second-order valence-electron chi connectivity index (χ2n) is 10.6. The predicted octanol–water partition coefficient (Wildman–Crippen LogP) is 8.50. The highest BCUT2D eigenvalue weighted by atomic mass is 32.1. The van der Waals surface area contributed by atoms with Crippen molar-refractivity contribution in [3.05, 3.63) is 71.8 Å². The quantitative estimate of drug-likeness (QED) is 0.312. The summed E-state index contributed by atoms with van der Waals surface area (Å²) >= 11 is 1.93. The van der Waals surface area contributed by atoms with Crippen molar-refractivity contribution in [2.24, 2.45) is 17.8 Å². The lowest BCUT2D eigenvalue weighted by Crippen LogP contribution is -2.48. The summed E-state index contributed by atoms with van der Waals surface area (Å²) in [5.74, 6) is 3.01. The van der Waals surface area contributed by atoms with E-state index in [1.165, 1.54) is 75.4 Å². The third-order valence-corrected chi connectivity index (χ3v) is 9.59. The van der Waals surface area contributed by atoms with Crippen LogP contribution in [0.4, 0.5) is 0 Å². The molecule has 1 heteroatoms. The number of thiophene rings is 1. The number of hydrogen-bond acceptors (Lipinski definition) is 1. The fourth-order valence-electron chi connectivity index (χ4n) is 7.69. The lowest BCUT2D eigenvalue weighted by molar-refractivity contribution is -0.00518. The molecule has 0 aliphatic heterocycles. The third kappa shape index (κ3) is 2.51. The highest BCUT2D eigenvalue weighted by molar-refractivity contribution is 7.25. The van der Waals surface area contributed by atoms with Gasteiger partial charge in [-0.15, -0.1) is 11.3 Å². The van der Waals surface area contributed by atoms with Crippen molar-refractivity contribution in [3.63, 3.8) is 0 Å². The van der Waals surface area contributed by atoms with Crippen molar-refractivity contribution in [1.29, 1.82) is 0 Å². The van der Waals surface area contributed by atoms with E-state index >= 15 is 0 Å². The monoisotopic (exact) mass is 408 g/mol. The maximum atomic E-state index is 2.49. The van der Waals surface area contributed by atoms with Crippen LogP contribution < -0.4 is 0 Å². The highest BCUT2D eigenvalue weighted by Crippen LogP contribution is 2.60. The molecule has 0 saturated heterocycles. The Kier molecular flexibility index (Phi) is 3.63. The Morgan fingerprint density at radius 3 is 2.13 bits per heavy atom. The Bertz CT molecular complexity index is 1240. The summed E-state index contributed by atoms with van der Waals surface area (Å²) in [4.78, 5) is 0. The van der Waals surface area contributed by atoms with Gasteiger partial charge >= 0.3 is 0 Å². The smallest absolute Gasteiger partial charge is 0.0364 e. The minimum Gasteiger partial charge on any atom is -0.135 e. The normalized spacial score (nSPS) is 29.8. The molecule has 0 N–H and O–H groups in total. The second kappa shape index (κ2) is 6.20. The van der Waals surface area contributed by atoms with E-state index in [9.17, 15) is 0 Å².